The Bertz CT molecular complexity index is 454. The van der Waals surface area contributed by atoms with E-state index in [0.717, 1.165) is 25.5 Å². The average molecular weight is 216 g/mol. The summed E-state index contributed by atoms with van der Waals surface area (Å²) in [6.07, 6.45) is 1.67. The second kappa shape index (κ2) is 3.65. The zero-order chi connectivity index (χ0) is 11.0. The van der Waals surface area contributed by atoms with Crippen LogP contribution >= 0.6 is 0 Å². The number of piperazine rings is 1. The summed E-state index contributed by atoms with van der Waals surface area (Å²) in [5, 5.41) is 12.3. The minimum atomic E-state index is 0.336. The molecule has 3 heterocycles. The van der Waals surface area contributed by atoms with Crippen LogP contribution in [0.15, 0.2) is 12.3 Å². The summed E-state index contributed by atoms with van der Waals surface area (Å²) in [5.41, 5.74) is 0.571. The highest BCUT2D eigenvalue weighted by atomic mass is 16.5. The number of aromatic nitrogens is 1. The molecule has 1 aromatic heterocycles. The van der Waals surface area contributed by atoms with Crippen LogP contribution in [-0.4, -0.2) is 37.3 Å². The smallest absolute Gasteiger partial charge is 0.179 e. The maximum Gasteiger partial charge on any atom is 0.179 e. The van der Waals surface area contributed by atoms with Crippen LogP contribution < -0.4 is 15.0 Å². The fourth-order valence-corrected chi connectivity index (χ4v) is 2.24. The van der Waals surface area contributed by atoms with Gasteiger partial charge in [-0.1, -0.05) is 0 Å². The van der Waals surface area contributed by atoms with Crippen molar-refractivity contribution in [1.29, 1.82) is 5.26 Å². The van der Waals surface area contributed by atoms with Crippen LogP contribution in [0.25, 0.3) is 0 Å². The highest BCUT2D eigenvalue weighted by Crippen LogP contribution is 2.34. The molecule has 1 aromatic rings. The van der Waals surface area contributed by atoms with Crippen molar-refractivity contribution in [2.24, 2.45) is 0 Å². The van der Waals surface area contributed by atoms with Gasteiger partial charge in [0.05, 0.1) is 11.6 Å². The number of nitrogens with zero attached hydrogens (tertiary/aromatic N) is 3. The Labute approximate surface area is 93.6 Å². The first kappa shape index (κ1) is 9.43. The zero-order valence-electron chi connectivity index (χ0n) is 8.81. The molecule has 3 rings (SSSR count). The lowest BCUT2D eigenvalue weighted by Gasteiger charge is -2.40. The Kier molecular flexibility index (Phi) is 2.15. The van der Waals surface area contributed by atoms with Gasteiger partial charge in [-0.15, -0.1) is 0 Å². The summed E-state index contributed by atoms with van der Waals surface area (Å²) < 4.78 is 5.65. The molecule has 1 N–H and O–H groups in total. The van der Waals surface area contributed by atoms with Crippen molar-refractivity contribution >= 4 is 5.82 Å². The van der Waals surface area contributed by atoms with E-state index in [1.165, 1.54) is 0 Å². The molecule has 82 valence electrons. The van der Waals surface area contributed by atoms with E-state index in [9.17, 15) is 0 Å². The van der Waals surface area contributed by atoms with Gasteiger partial charge in [-0.25, -0.2) is 4.98 Å². The Morgan fingerprint density at radius 1 is 1.62 bits per heavy atom. The number of ether oxygens (including phenoxy) is 1. The molecule has 0 amide bonds. The fourth-order valence-electron chi connectivity index (χ4n) is 2.24. The minimum absolute atomic E-state index is 0.336. The van der Waals surface area contributed by atoms with Crippen molar-refractivity contribution in [2.75, 3.05) is 31.1 Å². The van der Waals surface area contributed by atoms with Gasteiger partial charge in [0.2, 0.25) is 0 Å². The monoisotopic (exact) mass is 216 g/mol. The van der Waals surface area contributed by atoms with Crippen LogP contribution in [0.2, 0.25) is 0 Å². The minimum Gasteiger partial charge on any atom is -0.486 e. The Morgan fingerprint density at radius 2 is 2.56 bits per heavy atom. The Morgan fingerprint density at radius 3 is 3.44 bits per heavy atom. The van der Waals surface area contributed by atoms with Crippen molar-refractivity contribution in [3.63, 3.8) is 0 Å². The molecular weight excluding hydrogens is 204 g/mol. The van der Waals surface area contributed by atoms with E-state index in [-0.39, 0.29) is 0 Å². The molecule has 2 aliphatic heterocycles. The molecule has 5 nitrogen and oxygen atoms in total. The largest absolute Gasteiger partial charge is 0.486 e. The Hall–Kier alpha value is -1.80. The first-order chi connectivity index (χ1) is 7.90. The second-order valence-corrected chi connectivity index (χ2v) is 3.99. The van der Waals surface area contributed by atoms with Crippen molar-refractivity contribution < 1.29 is 4.74 Å². The molecule has 2 aliphatic rings. The third-order valence-corrected chi connectivity index (χ3v) is 3.05. The first-order valence-electron chi connectivity index (χ1n) is 5.39. The molecule has 16 heavy (non-hydrogen) atoms. The van der Waals surface area contributed by atoms with Crippen molar-refractivity contribution in [1.82, 2.24) is 10.3 Å². The van der Waals surface area contributed by atoms with Gasteiger partial charge in [0, 0.05) is 25.8 Å². The lowest BCUT2D eigenvalue weighted by molar-refractivity contribution is 0.244. The lowest BCUT2D eigenvalue weighted by Crippen LogP contribution is -2.56. The van der Waals surface area contributed by atoms with Gasteiger partial charge in [-0.2, -0.15) is 5.26 Å². The lowest BCUT2D eigenvalue weighted by atomic mass is 10.1. The molecule has 0 saturated carbocycles. The van der Waals surface area contributed by atoms with E-state index < -0.39 is 0 Å². The number of anilines is 1. The highest BCUT2D eigenvalue weighted by Gasteiger charge is 2.31. The van der Waals surface area contributed by atoms with Crippen LogP contribution in [0.5, 0.6) is 5.75 Å². The molecule has 0 bridgehead atoms. The van der Waals surface area contributed by atoms with Gasteiger partial charge >= 0.3 is 0 Å². The van der Waals surface area contributed by atoms with Crippen LogP contribution in [0.1, 0.15) is 5.56 Å². The quantitative estimate of drug-likeness (QED) is 0.667. The summed E-state index contributed by atoms with van der Waals surface area (Å²) in [6.45, 7) is 3.41. The summed E-state index contributed by atoms with van der Waals surface area (Å²) in [6, 6.07) is 4.17. The van der Waals surface area contributed by atoms with E-state index in [4.69, 9.17) is 10.00 Å². The van der Waals surface area contributed by atoms with Crippen molar-refractivity contribution in [3.05, 3.63) is 17.8 Å². The maximum absolute atomic E-state index is 9.00. The fraction of sp³-hybridized carbons (Fsp3) is 0.455. The molecule has 0 spiro atoms. The van der Waals surface area contributed by atoms with Crippen molar-refractivity contribution in [2.45, 2.75) is 6.04 Å². The van der Waals surface area contributed by atoms with Gasteiger partial charge < -0.3 is 15.0 Å². The SMILES string of the molecule is N#Cc1ccnc2c1OCC1CNCCN21. The molecule has 5 heteroatoms. The van der Waals surface area contributed by atoms with Crippen LogP contribution in [0, 0.1) is 11.3 Å². The molecule has 1 atom stereocenters. The molecule has 0 aliphatic carbocycles. The van der Waals surface area contributed by atoms with Gasteiger partial charge in [-0.05, 0) is 6.07 Å². The number of hydrogen-bond donors (Lipinski definition) is 1. The number of rotatable bonds is 0. The van der Waals surface area contributed by atoms with E-state index in [1.54, 1.807) is 12.3 Å². The number of nitriles is 1. The van der Waals surface area contributed by atoms with Crippen molar-refractivity contribution in [3.8, 4) is 11.8 Å². The van der Waals surface area contributed by atoms with Gasteiger partial charge in [-0.3, -0.25) is 0 Å². The summed E-state index contributed by atoms with van der Waals surface area (Å²) in [7, 11) is 0. The number of fused-ring (bicyclic) bond motifs is 3. The zero-order valence-corrected chi connectivity index (χ0v) is 8.81. The number of hydrogen-bond acceptors (Lipinski definition) is 5. The van der Waals surface area contributed by atoms with E-state index >= 15 is 0 Å². The molecule has 1 saturated heterocycles. The molecular formula is C11H12N4O. The predicted octanol–water partition coefficient (Wildman–Crippen LogP) is 0.124. The van der Waals surface area contributed by atoms with E-state index in [1.807, 2.05) is 0 Å². The standard InChI is InChI=1S/C11H12N4O/c12-5-8-1-2-14-11-10(8)16-7-9-6-13-3-4-15(9)11/h1-2,9,13H,3-4,6-7H2. The van der Waals surface area contributed by atoms with Crippen LogP contribution in [0.4, 0.5) is 5.82 Å². The normalized spacial score (nSPS) is 22.7. The topological polar surface area (TPSA) is 61.2 Å². The highest BCUT2D eigenvalue weighted by molar-refractivity contribution is 5.62. The average Bonchev–Trinajstić information content (AvgIpc) is 2.37. The van der Waals surface area contributed by atoms with E-state index in [2.05, 4.69) is 21.3 Å². The third-order valence-electron chi connectivity index (χ3n) is 3.05. The van der Waals surface area contributed by atoms with Gasteiger partial charge in [0.25, 0.3) is 0 Å². The van der Waals surface area contributed by atoms with E-state index in [0.29, 0.717) is 24.0 Å². The third kappa shape index (κ3) is 1.31. The number of pyridine rings is 1. The molecule has 1 unspecified atom stereocenters. The van der Waals surface area contributed by atoms with Crippen LogP contribution in [-0.2, 0) is 0 Å². The first-order valence-corrected chi connectivity index (χ1v) is 5.39. The molecule has 0 aromatic carbocycles. The Balaban J connectivity index is 2.06. The summed E-state index contributed by atoms with van der Waals surface area (Å²) in [4.78, 5) is 6.57. The maximum atomic E-state index is 9.00. The molecule has 0 radical (unpaired) electrons. The number of nitrogens with one attached hydrogen (secondary N) is 1. The summed E-state index contributed by atoms with van der Waals surface area (Å²) in [5.74, 6) is 1.46. The predicted molar refractivity (Wildman–Crippen MR) is 58.5 cm³/mol. The summed E-state index contributed by atoms with van der Waals surface area (Å²) >= 11 is 0. The van der Waals surface area contributed by atoms with Gasteiger partial charge in [0.1, 0.15) is 12.7 Å². The van der Waals surface area contributed by atoms with Crippen LogP contribution in [0.3, 0.4) is 0 Å². The molecule has 1 fully saturated rings. The van der Waals surface area contributed by atoms with Gasteiger partial charge in [0.15, 0.2) is 11.6 Å². The second-order valence-electron chi connectivity index (χ2n) is 3.99.